The van der Waals surface area contributed by atoms with Crippen molar-refractivity contribution in [2.75, 3.05) is 5.73 Å². The van der Waals surface area contributed by atoms with Crippen LogP contribution in [0.4, 0.5) is 5.69 Å². The monoisotopic (exact) mass is 242 g/mol. The van der Waals surface area contributed by atoms with E-state index in [9.17, 15) is 4.79 Å². The highest BCUT2D eigenvalue weighted by Gasteiger charge is 2.12. The summed E-state index contributed by atoms with van der Waals surface area (Å²) in [7, 11) is 0. The maximum absolute atomic E-state index is 12.1. The minimum absolute atomic E-state index is 0.104. The number of carbonyl (C=O) groups excluding carboxylic acids is 1. The largest absolute Gasteiger partial charge is 0.398 e. The van der Waals surface area contributed by atoms with E-state index >= 15 is 0 Å². The first-order valence-corrected chi connectivity index (χ1v) is 6.21. The quantitative estimate of drug-likeness (QED) is 0.813. The Hall–Kier alpha value is -2.03. The molecule has 3 heteroatoms. The number of fused-ring (bicyclic) bond motifs is 1. The number of anilines is 1. The number of carbonyl (C=O) groups is 1. The van der Waals surface area contributed by atoms with Crippen LogP contribution in [0.15, 0.2) is 36.4 Å². The van der Waals surface area contributed by atoms with Crippen LogP contribution < -0.4 is 11.1 Å². The molecule has 0 bridgehead atoms. The summed E-state index contributed by atoms with van der Waals surface area (Å²) < 4.78 is 0. The van der Waals surface area contributed by atoms with Gasteiger partial charge in [0.25, 0.3) is 5.91 Å². The summed E-state index contributed by atoms with van der Waals surface area (Å²) in [5.74, 6) is -0.104. The highest BCUT2D eigenvalue weighted by Crippen LogP contribution is 2.21. The molecule has 0 aliphatic heterocycles. The van der Waals surface area contributed by atoms with Gasteiger partial charge in [0.05, 0.1) is 5.56 Å². The molecule has 0 heterocycles. The summed E-state index contributed by atoms with van der Waals surface area (Å²) in [6, 6.07) is 11.7. The number of rotatable bonds is 3. The van der Waals surface area contributed by atoms with E-state index in [1.165, 1.54) is 0 Å². The van der Waals surface area contributed by atoms with E-state index < -0.39 is 0 Å². The van der Waals surface area contributed by atoms with Gasteiger partial charge in [0, 0.05) is 11.7 Å². The highest BCUT2D eigenvalue weighted by molar-refractivity contribution is 6.04. The average Bonchev–Trinajstić information content (AvgIpc) is 2.37. The highest BCUT2D eigenvalue weighted by atomic mass is 16.1. The minimum Gasteiger partial charge on any atom is -0.398 e. The number of benzene rings is 2. The molecular formula is C15H18N2O. The predicted octanol–water partition coefficient (Wildman–Crippen LogP) is 2.95. The van der Waals surface area contributed by atoms with Crippen molar-refractivity contribution in [3.8, 4) is 0 Å². The Morgan fingerprint density at radius 2 is 1.89 bits per heavy atom. The molecule has 0 aromatic heterocycles. The summed E-state index contributed by atoms with van der Waals surface area (Å²) in [5, 5.41) is 5.01. The van der Waals surface area contributed by atoms with Crippen molar-refractivity contribution in [3.63, 3.8) is 0 Å². The second-order valence-electron chi connectivity index (χ2n) is 4.57. The van der Waals surface area contributed by atoms with Crippen molar-refractivity contribution < 1.29 is 4.79 Å². The van der Waals surface area contributed by atoms with Gasteiger partial charge in [-0.25, -0.2) is 0 Å². The zero-order valence-corrected chi connectivity index (χ0v) is 10.7. The summed E-state index contributed by atoms with van der Waals surface area (Å²) in [4.78, 5) is 12.1. The molecule has 0 aliphatic carbocycles. The molecule has 1 atom stereocenters. The third-order valence-electron chi connectivity index (χ3n) is 3.15. The van der Waals surface area contributed by atoms with E-state index in [1.807, 2.05) is 50.2 Å². The summed E-state index contributed by atoms with van der Waals surface area (Å²) in [5.41, 5.74) is 7.02. The van der Waals surface area contributed by atoms with Crippen molar-refractivity contribution in [2.24, 2.45) is 0 Å². The third kappa shape index (κ3) is 2.45. The summed E-state index contributed by atoms with van der Waals surface area (Å²) in [6.45, 7) is 4.02. The zero-order chi connectivity index (χ0) is 13.1. The molecule has 0 fully saturated rings. The lowest BCUT2D eigenvalue weighted by molar-refractivity contribution is 0.0940. The molecule has 0 saturated carbocycles. The van der Waals surface area contributed by atoms with Crippen LogP contribution in [0.1, 0.15) is 30.6 Å². The molecule has 0 radical (unpaired) electrons. The van der Waals surface area contributed by atoms with E-state index in [0.717, 1.165) is 17.2 Å². The van der Waals surface area contributed by atoms with Gasteiger partial charge in [0.15, 0.2) is 0 Å². The molecule has 3 N–H and O–H groups in total. The molecule has 3 nitrogen and oxygen atoms in total. The molecule has 2 aromatic carbocycles. The Morgan fingerprint density at radius 3 is 2.50 bits per heavy atom. The third-order valence-corrected chi connectivity index (χ3v) is 3.15. The van der Waals surface area contributed by atoms with Crippen LogP contribution in [0.25, 0.3) is 10.8 Å². The Kier molecular flexibility index (Phi) is 3.51. The fourth-order valence-corrected chi connectivity index (χ4v) is 1.86. The van der Waals surface area contributed by atoms with Crippen molar-refractivity contribution in [1.82, 2.24) is 5.32 Å². The molecule has 94 valence electrons. The lowest BCUT2D eigenvalue weighted by atomic mass is 10.0. The van der Waals surface area contributed by atoms with E-state index in [1.54, 1.807) is 0 Å². The van der Waals surface area contributed by atoms with E-state index in [0.29, 0.717) is 11.3 Å². The fourth-order valence-electron chi connectivity index (χ4n) is 1.86. The maximum atomic E-state index is 12.1. The molecule has 0 aliphatic rings. The van der Waals surface area contributed by atoms with Gasteiger partial charge in [-0.3, -0.25) is 4.79 Å². The lowest BCUT2D eigenvalue weighted by Crippen LogP contribution is -2.32. The first kappa shape index (κ1) is 12.4. The van der Waals surface area contributed by atoms with Gasteiger partial charge in [0.1, 0.15) is 0 Å². The Morgan fingerprint density at radius 1 is 1.28 bits per heavy atom. The number of amides is 1. The van der Waals surface area contributed by atoms with Gasteiger partial charge in [0.2, 0.25) is 0 Å². The van der Waals surface area contributed by atoms with Crippen LogP contribution in [-0.2, 0) is 0 Å². The molecule has 0 saturated heterocycles. The molecule has 2 rings (SSSR count). The van der Waals surface area contributed by atoms with Crippen molar-refractivity contribution in [2.45, 2.75) is 26.3 Å². The van der Waals surface area contributed by atoms with Crippen LogP contribution in [0.2, 0.25) is 0 Å². The van der Waals surface area contributed by atoms with E-state index in [4.69, 9.17) is 5.73 Å². The predicted molar refractivity (Wildman–Crippen MR) is 75.6 cm³/mol. The molecule has 1 amide bonds. The second kappa shape index (κ2) is 5.08. The smallest absolute Gasteiger partial charge is 0.253 e. The zero-order valence-electron chi connectivity index (χ0n) is 10.7. The first-order valence-electron chi connectivity index (χ1n) is 6.21. The Labute approximate surface area is 107 Å². The van der Waals surface area contributed by atoms with Gasteiger partial charge in [-0.2, -0.15) is 0 Å². The number of nitrogen functional groups attached to an aromatic ring is 1. The lowest BCUT2D eigenvalue weighted by Gasteiger charge is -2.13. The number of hydrogen-bond acceptors (Lipinski definition) is 2. The van der Waals surface area contributed by atoms with Gasteiger partial charge >= 0.3 is 0 Å². The van der Waals surface area contributed by atoms with Crippen LogP contribution >= 0.6 is 0 Å². The van der Waals surface area contributed by atoms with Crippen LogP contribution in [0.5, 0.6) is 0 Å². The normalized spacial score (nSPS) is 12.3. The standard InChI is InChI=1S/C15H18N2O/c1-3-10(2)17-15(18)13-8-11-6-4-5-7-12(11)9-14(13)16/h4-10H,3,16H2,1-2H3,(H,17,18). The van der Waals surface area contributed by atoms with Crippen molar-refractivity contribution in [3.05, 3.63) is 42.0 Å². The fraction of sp³-hybridized carbons (Fsp3) is 0.267. The average molecular weight is 242 g/mol. The molecule has 2 aromatic rings. The van der Waals surface area contributed by atoms with Gasteiger partial charge < -0.3 is 11.1 Å². The Bertz CT molecular complexity index is 578. The first-order chi connectivity index (χ1) is 8.61. The summed E-state index contributed by atoms with van der Waals surface area (Å²) in [6.07, 6.45) is 0.902. The topological polar surface area (TPSA) is 55.1 Å². The molecule has 18 heavy (non-hydrogen) atoms. The van der Waals surface area contributed by atoms with Gasteiger partial charge in [-0.1, -0.05) is 31.2 Å². The second-order valence-corrected chi connectivity index (χ2v) is 4.57. The minimum atomic E-state index is -0.104. The van der Waals surface area contributed by atoms with Gasteiger partial charge in [-0.15, -0.1) is 0 Å². The maximum Gasteiger partial charge on any atom is 0.253 e. The van der Waals surface area contributed by atoms with Gasteiger partial charge in [-0.05, 0) is 36.2 Å². The number of nitrogens with one attached hydrogen (secondary N) is 1. The van der Waals surface area contributed by atoms with E-state index in [2.05, 4.69) is 5.32 Å². The van der Waals surface area contributed by atoms with Crippen LogP contribution in [0, 0.1) is 0 Å². The van der Waals surface area contributed by atoms with Crippen molar-refractivity contribution >= 4 is 22.4 Å². The molecular weight excluding hydrogens is 224 g/mol. The van der Waals surface area contributed by atoms with Crippen molar-refractivity contribution in [1.29, 1.82) is 0 Å². The van der Waals surface area contributed by atoms with Crippen LogP contribution in [-0.4, -0.2) is 11.9 Å². The molecule has 1 unspecified atom stereocenters. The Balaban J connectivity index is 2.38. The van der Waals surface area contributed by atoms with E-state index in [-0.39, 0.29) is 11.9 Å². The van der Waals surface area contributed by atoms with Crippen LogP contribution in [0.3, 0.4) is 0 Å². The number of hydrogen-bond donors (Lipinski definition) is 2. The SMILES string of the molecule is CCC(C)NC(=O)c1cc2ccccc2cc1N. The molecule has 0 spiro atoms. The number of nitrogens with two attached hydrogens (primary N) is 1. The summed E-state index contributed by atoms with van der Waals surface area (Å²) >= 11 is 0.